The van der Waals surface area contributed by atoms with Gasteiger partial charge in [-0.1, -0.05) is 0 Å². The molecule has 0 aliphatic carbocycles. The maximum atomic E-state index is 12.8. The van der Waals surface area contributed by atoms with Crippen LogP contribution in [0, 0.1) is 6.92 Å². The fourth-order valence-electron chi connectivity index (χ4n) is 3.52. The van der Waals surface area contributed by atoms with E-state index in [9.17, 15) is 9.59 Å². The van der Waals surface area contributed by atoms with Gasteiger partial charge in [-0.3, -0.25) is 9.59 Å². The first-order valence-electron chi connectivity index (χ1n) is 9.72. The molecule has 3 aromatic rings. The summed E-state index contributed by atoms with van der Waals surface area (Å²) in [6.45, 7) is 6.40. The third-order valence-corrected chi connectivity index (χ3v) is 5.00. The van der Waals surface area contributed by atoms with Crippen LogP contribution in [-0.4, -0.2) is 44.9 Å². The number of carbonyl (C=O) groups is 2. The van der Waals surface area contributed by atoms with Gasteiger partial charge >= 0.3 is 0 Å². The predicted octanol–water partition coefficient (Wildman–Crippen LogP) is 2.53. The Hall–Kier alpha value is -3.75. The van der Waals surface area contributed by atoms with Gasteiger partial charge in [-0.25, -0.2) is 4.68 Å². The van der Waals surface area contributed by atoms with Crippen molar-refractivity contribution in [3.8, 4) is 11.7 Å². The Labute approximate surface area is 173 Å². The summed E-state index contributed by atoms with van der Waals surface area (Å²) in [5, 5.41) is 15.3. The Morgan fingerprint density at radius 3 is 2.73 bits per heavy atom. The van der Waals surface area contributed by atoms with E-state index in [1.54, 1.807) is 41.6 Å². The molecule has 9 heteroatoms. The second-order valence-corrected chi connectivity index (χ2v) is 6.94. The van der Waals surface area contributed by atoms with Crippen LogP contribution in [0.1, 0.15) is 35.5 Å². The summed E-state index contributed by atoms with van der Waals surface area (Å²) in [6, 6.07) is 9.03. The number of rotatable bonds is 5. The number of ether oxygens (including phenoxy) is 1. The van der Waals surface area contributed by atoms with Crippen LogP contribution in [0.25, 0.3) is 5.82 Å². The number of fused-ring (bicyclic) bond motifs is 1. The van der Waals surface area contributed by atoms with Gasteiger partial charge in [0.1, 0.15) is 0 Å². The minimum atomic E-state index is -0.265. The van der Waals surface area contributed by atoms with Gasteiger partial charge in [0.25, 0.3) is 5.91 Å². The number of benzene rings is 1. The number of aromatic nitrogens is 4. The van der Waals surface area contributed by atoms with Crippen LogP contribution < -0.4 is 15.0 Å². The molecular formula is C21H22N6O3. The lowest BCUT2D eigenvalue weighted by atomic mass is 10.1. The molecule has 0 unspecified atom stereocenters. The summed E-state index contributed by atoms with van der Waals surface area (Å²) < 4.78 is 6.86. The quantitative estimate of drug-likeness (QED) is 0.699. The van der Waals surface area contributed by atoms with Gasteiger partial charge in [0.15, 0.2) is 5.82 Å². The zero-order valence-electron chi connectivity index (χ0n) is 17.0. The topological polar surface area (TPSA) is 102 Å². The van der Waals surface area contributed by atoms with Crippen LogP contribution in [0.3, 0.4) is 0 Å². The van der Waals surface area contributed by atoms with E-state index in [-0.39, 0.29) is 11.8 Å². The fraction of sp³-hybridized carbons (Fsp3) is 0.286. The molecule has 0 saturated heterocycles. The highest BCUT2D eigenvalue weighted by Gasteiger charge is 2.23. The second kappa shape index (κ2) is 7.94. The standard InChI is InChI=1S/C21H22N6O3/c1-4-30-20-8-7-19(24-25-20)27-13(2)17(12-22-27)21(29)23-16-5-6-18-15(11-16)9-10-26(18)14(3)28/h5-8,11-12H,4,9-10H2,1-3H3,(H,23,29). The molecule has 2 aromatic heterocycles. The third kappa shape index (κ3) is 3.61. The van der Waals surface area contributed by atoms with E-state index in [2.05, 4.69) is 20.6 Å². The largest absolute Gasteiger partial charge is 0.477 e. The monoisotopic (exact) mass is 406 g/mol. The summed E-state index contributed by atoms with van der Waals surface area (Å²) in [6.07, 6.45) is 2.28. The smallest absolute Gasteiger partial charge is 0.259 e. The average molecular weight is 406 g/mol. The van der Waals surface area contributed by atoms with E-state index in [0.717, 1.165) is 17.7 Å². The molecule has 1 N–H and O–H groups in total. The van der Waals surface area contributed by atoms with E-state index in [1.807, 2.05) is 19.1 Å². The lowest BCUT2D eigenvalue weighted by molar-refractivity contribution is -0.116. The maximum Gasteiger partial charge on any atom is 0.259 e. The van der Waals surface area contributed by atoms with Crippen molar-refractivity contribution in [2.75, 3.05) is 23.4 Å². The Bertz CT molecular complexity index is 1110. The van der Waals surface area contributed by atoms with Crippen molar-refractivity contribution in [3.05, 3.63) is 53.3 Å². The molecule has 0 saturated carbocycles. The lowest BCUT2D eigenvalue weighted by Gasteiger charge is -2.15. The Morgan fingerprint density at radius 2 is 2.03 bits per heavy atom. The van der Waals surface area contributed by atoms with Gasteiger partial charge in [-0.2, -0.15) is 5.10 Å². The minimum absolute atomic E-state index is 0.0194. The Morgan fingerprint density at radius 1 is 1.20 bits per heavy atom. The van der Waals surface area contributed by atoms with Gasteiger partial charge in [0.2, 0.25) is 11.8 Å². The molecule has 30 heavy (non-hydrogen) atoms. The normalized spacial score (nSPS) is 12.6. The number of hydrogen-bond donors (Lipinski definition) is 1. The predicted molar refractivity (Wildman–Crippen MR) is 111 cm³/mol. The van der Waals surface area contributed by atoms with Crippen molar-refractivity contribution in [2.24, 2.45) is 0 Å². The SMILES string of the molecule is CCOc1ccc(-n2ncc(C(=O)Nc3ccc4c(c3)CCN4C(C)=O)c2C)nn1. The fourth-order valence-corrected chi connectivity index (χ4v) is 3.52. The third-order valence-electron chi connectivity index (χ3n) is 5.00. The van der Waals surface area contributed by atoms with Crippen LogP contribution in [-0.2, 0) is 11.2 Å². The molecule has 3 heterocycles. The number of carbonyl (C=O) groups excluding carboxylic acids is 2. The number of anilines is 2. The Kier molecular flexibility index (Phi) is 5.18. The van der Waals surface area contributed by atoms with Gasteiger partial charge in [0, 0.05) is 30.9 Å². The van der Waals surface area contributed by atoms with Gasteiger partial charge in [0.05, 0.1) is 24.1 Å². The van der Waals surface area contributed by atoms with Crippen molar-refractivity contribution in [2.45, 2.75) is 27.2 Å². The van der Waals surface area contributed by atoms with Gasteiger partial charge in [-0.05, 0) is 50.1 Å². The first kappa shape index (κ1) is 19.6. The molecule has 9 nitrogen and oxygen atoms in total. The molecule has 4 rings (SSSR count). The first-order valence-corrected chi connectivity index (χ1v) is 9.72. The molecule has 0 fully saturated rings. The average Bonchev–Trinajstić information content (AvgIpc) is 3.32. The highest BCUT2D eigenvalue weighted by molar-refractivity contribution is 6.05. The zero-order valence-corrected chi connectivity index (χ0v) is 17.0. The summed E-state index contributed by atoms with van der Waals surface area (Å²) in [5.74, 6) is 0.686. The number of amides is 2. The van der Waals surface area contributed by atoms with Gasteiger partial charge in [-0.15, -0.1) is 10.2 Å². The molecule has 1 aliphatic rings. The molecule has 2 amide bonds. The van der Waals surface area contributed by atoms with E-state index in [4.69, 9.17) is 4.74 Å². The molecule has 0 radical (unpaired) electrons. The summed E-state index contributed by atoms with van der Waals surface area (Å²) in [4.78, 5) is 26.2. The van der Waals surface area contributed by atoms with Crippen molar-refractivity contribution in [1.29, 1.82) is 0 Å². The number of nitrogens with zero attached hydrogens (tertiary/aromatic N) is 5. The van der Waals surface area contributed by atoms with Crippen LogP contribution in [0.2, 0.25) is 0 Å². The number of nitrogens with one attached hydrogen (secondary N) is 1. The van der Waals surface area contributed by atoms with Crippen molar-refractivity contribution in [3.63, 3.8) is 0 Å². The number of hydrogen-bond acceptors (Lipinski definition) is 6. The molecule has 0 bridgehead atoms. The second-order valence-electron chi connectivity index (χ2n) is 6.94. The molecular weight excluding hydrogens is 384 g/mol. The van der Waals surface area contributed by atoms with Gasteiger partial charge < -0.3 is 15.0 Å². The van der Waals surface area contributed by atoms with Crippen molar-refractivity contribution in [1.82, 2.24) is 20.0 Å². The zero-order chi connectivity index (χ0) is 21.3. The van der Waals surface area contributed by atoms with Crippen LogP contribution in [0.4, 0.5) is 11.4 Å². The van der Waals surface area contributed by atoms with E-state index < -0.39 is 0 Å². The molecule has 0 spiro atoms. The molecule has 1 aliphatic heterocycles. The summed E-state index contributed by atoms with van der Waals surface area (Å²) in [5.41, 5.74) is 3.71. The van der Waals surface area contributed by atoms with Crippen LogP contribution in [0.15, 0.2) is 36.5 Å². The first-order chi connectivity index (χ1) is 14.5. The highest BCUT2D eigenvalue weighted by Crippen LogP contribution is 2.30. The molecule has 0 atom stereocenters. The molecule has 154 valence electrons. The summed E-state index contributed by atoms with van der Waals surface area (Å²) in [7, 11) is 0. The van der Waals surface area contributed by atoms with E-state index in [1.165, 1.54) is 6.20 Å². The lowest BCUT2D eigenvalue weighted by Crippen LogP contribution is -2.25. The van der Waals surface area contributed by atoms with Crippen molar-refractivity contribution < 1.29 is 14.3 Å². The van der Waals surface area contributed by atoms with Crippen LogP contribution in [0.5, 0.6) is 5.88 Å². The highest BCUT2D eigenvalue weighted by atomic mass is 16.5. The Balaban J connectivity index is 1.52. The van der Waals surface area contributed by atoms with Crippen LogP contribution >= 0.6 is 0 Å². The maximum absolute atomic E-state index is 12.8. The van der Waals surface area contributed by atoms with E-state index >= 15 is 0 Å². The minimum Gasteiger partial charge on any atom is -0.477 e. The van der Waals surface area contributed by atoms with E-state index in [0.29, 0.717) is 41.8 Å². The van der Waals surface area contributed by atoms with Crippen molar-refractivity contribution >= 4 is 23.2 Å². The summed E-state index contributed by atoms with van der Waals surface area (Å²) >= 11 is 0. The molecule has 1 aromatic carbocycles.